The lowest BCUT2D eigenvalue weighted by Gasteiger charge is -2.12. The van der Waals surface area contributed by atoms with Crippen molar-refractivity contribution >= 4 is 11.0 Å². The van der Waals surface area contributed by atoms with Gasteiger partial charge in [0.05, 0.1) is 24.7 Å². The molecule has 118 valence electrons. The molecule has 0 saturated heterocycles. The van der Waals surface area contributed by atoms with Gasteiger partial charge >= 0.3 is 0 Å². The highest BCUT2D eigenvalue weighted by atomic mass is 16.5. The quantitative estimate of drug-likeness (QED) is 0.686. The molecule has 0 aliphatic heterocycles. The minimum Gasteiger partial charge on any atom is -0.508 e. The number of phenols is 2. The monoisotopic (exact) mass is 314 g/mol. The van der Waals surface area contributed by atoms with Crippen LogP contribution >= 0.6 is 0 Å². The number of benzene rings is 2. The summed E-state index contributed by atoms with van der Waals surface area (Å²) in [4.78, 5) is 12.3. The number of aliphatic hydroxyl groups excluding tert-OH is 1. The highest BCUT2D eigenvalue weighted by Gasteiger charge is 2.18. The molecule has 0 radical (unpaired) electrons. The Hall–Kier alpha value is -2.99. The lowest BCUT2D eigenvalue weighted by atomic mass is 10.1. The molecule has 0 aliphatic rings. The van der Waals surface area contributed by atoms with Crippen LogP contribution in [0.3, 0.4) is 0 Å². The Labute approximate surface area is 130 Å². The molecule has 0 fully saturated rings. The molecule has 2 aromatic carbocycles. The van der Waals surface area contributed by atoms with Crippen molar-refractivity contribution in [2.24, 2.45) is 0 Å². The van der Waals surface area contributed by atoms with E-state index < -0.39 is 6.61 Å². The van der Waals surface area contributed by atoms with Crippen LogP contribution in [-0.2, 0) is 6.61 Å². The zero-order valence-corrected chi connectivity index (χ0v) is 12.2. The van der Waals surface area contributed by atoms with Gasteiger partial charge in [-0.2, -0.15) is 0 Å². The second kappa shape index (κ2) is 5.66. The molecular weight excluding hydrogens is 300 g/mol. The van der Waals surface area contributed by atoms with Crippen LogP contribution < -0.4 is 10.2 Å². The third-order valence-corrected chi connectivity index (χ3v) is 3.56. The van der Waals surface area contributed by atoms with Crippen LogP contribution in [0.2, 0.25) is 0 Å². The Balaban J connectivity index is 2.34. The van der Waals surface area contributed by atoms with Gasteiger partial charge < -0.3 is 24.5 Å². The van der Waals surface area contributed by atoms with Gasteiger partial charge in [-0.05, 0) is 30.3 Å². The van der Waals surface area contributed by atoms with E-state index in [4.69, 9.17) is 9.15 Å². The van der Waals surface area contributed by atoms with Crippen molar-refractivity contribution in [3.63, 3.8) is 0 Å². The van der Waals surface area contributed by atoms with Gasteiger partial charge in [0, 0.05) is 11.6 Å². The zero-order chi connectivity index (χ0) is 16.6. The van der Waals surface area contributed by atoms with E-state index in [1.54, 1.807) is 12.1 Å². The summed E-state index contributed by atoms with van der Waals surface area (Å²) in [6.07, 6.45) is 0. The molecule has 0 bridgehead atoms. The molecule has 3 rings (SSSR count). The first-order valence-electron chi connectivity index (χ1n) is 6.82. The molecule has 1 heterocycles. The Morgan fingerprint density at radius 1 is 1.13 bits per heavy atom. The normalized spacial score (nSPS) is 10.9. The number of aliphatic hydroxyl groups is 1. The van der Waals surface area contributed by atoms with Crippen LogP contribution in [0.4, 0.5) is 0 Å². The number of ether oxygens (including phenoxy) is 1. The molecule has 3 N–H and O–H groups in total. The first kappa shape index (κ1) is 14.9. The van der Waals surface area contributed by atoms with Crippen molar-refractivity contribution in [2.45, 2.75) is 6.61 Å². The van der Waals surface area contributed by atoms with E-state index in [2.05, 4.69) is 0 Å². The molecule has 1 aromatic heterocycles. The Kier molecular flexibility index (Phi) is 3.67. The van der Waals surface area contributed by atoms with Gasteiger partial charge in [-0.25, -0.2) is 0 Å². The van der Waals surface area contributed by atoms with E-state index >= 15 is 0 Å². The molecule has 0 amide bonds. The summed E-state index contributed by atoms with van der Waals surface area (Å²) in [6.45, 7) is -0.462. The Morgan fingerprint density at radius 3 is 2.43 bits per heavy atom. The average Bonchev–Trinajstić information content (AvgIpc) is 2.55. The number of hydrogen-bond donors (Lipinski definition) is 3. The number of methoxy groups -OCH3 is 1. The van der Waals surface area contributed by atoms with Gasteiger partial charge in [-0.1, -0.05) is 0 Å². The highest BCUT2D eigenvalue weighted by molar-refractivity contribution is 5.86. The molecule has 6 nitrogen and oxygen atoms in total. The molecule has 3 aromatic rings. The van der Waals surface area contributed by atoms with Crippen LogP contribution in [0.25, 0.3) is 22.3 Å². The van der Waals surface area contributed by atoms with Gasteiger partial charge in [-0.3, -0.25) is 4.79 Å². The summed E-state index contributed by atoms with van der Waals surface area (Å²) in [5.41, 5.74) is 0.581. The fraction of sp³-hybridized carbons (Fsp3) is 0.118. The van der Waals surface area contributed by atoms with Crippen LogP contribution in [-0.4, -0.2) is 22.4 Å². The van der Waals surface area contributed by atoms with Gasteiger partial charge in [-0.15, -0.1) is 0 Å². The van der Waals surface area contributed by atoms with Crippen LogP contribution in [0, 0.1) is 0 Å². The van der Waals surface area contributed by atoms with Crippen molar-refractivity contribution in [1.82, 2.24) is 0 Å². The molecule has 6 heteroatoms. The first-order valence-corrected chi connectivity index (χ1v) is 6.82. The van der Waals surface area contributed by atoms with E-state index in [1.165, 1.54) is 31.4 Å². The van der Waals surface area contributed by atoms with E-state index in [0.29, 0.717) is 5.56 Å². The van der Waals surface area contributed by atoms with Gasteiger partial charge in [0.2, 0.25) is 0 Å². The summed E-state index contributed by atoms with van der Waals surface area (Å²) in [6, 6.07) is 8.71. The summed E-state index contributed by atoms with van der Waals surface area (Å²) in [7, 11) is 1.35. The van der Waals surface area contributed by atoms with Crippen LogP contribution in [0.15, 0.2) is 45.6 Å². The molecular formula is C17H14O6. The maximum Gasteiger partial charge on any atom is 0.193 e. The number of fused-ring (bicyclic) bond motifs is 1. The number of rotatable bonds is 3. The van der Waals surface area contributed by atoms with Crippen molar-refractivity contribution in [3.05, 3.63) is 52.2 Å². The maximum absolute atomic E-state index is 12.3. The minimum atomic E-state index is -0.462. The van der Waals surface area contributed by atoms with Crippen molar-refractivity contribution < 1.29 is 24.5 Å². The summed E-state index contributed by atoms with van der Waals surface area (Å²) >= 11 is 0. The van der Waals surface area contributed by atoms with Gasteiger partial charge in [0.1, 0.15) is 17.1 Å². The fourth-order valence-corrected chi connectivity index (χ4v) is 2.46. The van der Waals surface area contributed by atoms with Crippen LogP contribution in [0.1, 0.15) is 5.56 Å². The average molecular weight is 314 g/mol. The molecule has 0 saturated carbocycles. The largest absolute Gasteiger partial charge is 0.508 e. The fourth-order valence-electron chi connectivity index (χ4n) is 2.46. The third-order valence-electron chi connectivity index (χ3n) is 3.56. The van der Waals surface area contributed by atoms with E-state index in [-0.39, 0.29) is 45.0 Å². The summed E-state index contributed by atoms with van der Waals surface area (Å²) < 4.78 is 10.8. The molecule has 0 atom stereocenters. The van der Waals surface area contributed by atoms with E-state index in [1.807, 2.05) is 0 Å². The van der Waals surface area contributed by atoms with E-state index in [9.17, 15) is 20.1 Å². The smallest absolute Gasteiger partial charge is 0.193 e. The van der Waals surface area contributed by atoms with Crippen molar-refractivity contribution in [3.8, 4) is 28.6 Å². The standard InChI is InChI=1S/C17H14O6/c1-22-17-12(8-18)16-11(6-14(17)21)13(20)7-15(23-16)9-2-4-10(19)5-3-9/h2-7,18-19,21H,8H2,1H3. The van der Waals surface area contributed by atoms with Crippen molar-refractivity contribution in [2.75, 3.05) is 7.11 Å². The highest BCUT2D eigenvalue weighted by Crippen LogP contribution is 2.37. The second-order valence-electron chi connectivity index (χ2n) is 4.96. The second-order valence-corrected chi connectivity index (χ2v) is 4.96. The number of aromatic hydroxyl groups is 2. The maximum atomic E-state index is 12.3. The molecule has 23 heavy (non-hydrogen) atoms. The predicted octanol–water partition coefficient (Wildman–Crippen LogP) is 2.37. The number of hydrogen-bond acceptors (Lipinski definition) is 6. The minimum absolute atomic E-state index is 0.0611. The Morgan fingerprint density at radius 2 is 1.83 bits per heavy atom. The topological polar surface area (TPSA) is 100 Å². The molecule has 0 unspecified atom stereocenters. The number of phenolic OH excluding ortho intramolecular Hbond substituents is 2. The molecule has 0 spiro atoms. The zero-order valence-electron chi connectivity index (χ0n) is 12.2. The van der Waals surface area contributed by atoms with Gasteiger partial charge in [0.15, 0.2) is 16.9 Å². The predicted molar refractivity (Wildman–Crippen MR) is 83.7 cm³/mol. The summed E-state index contributed by atoms with van der Waals surface area (Å²) in [5, 5.41) is 29.0. The lowest BCUT2D eigenvalue weighted by molar-refractivity contribution is 0.270. The third kappa shape index (κ3) is 2.49. The van der Waals surface area contributed by atoms with Crippen molar-refractivity contribution in [1.29, 1.82) is 0 Å². The molecule has 0 aliphatic carbocycles. The van der Waals surface area contributed by atoms with Gasteiger partial charge in [0.25, 0.3) is 0 Å². The SMILES string of the molecule is COc1c(O)cc2c(=O)cc(-c3ccc(O)cc3)oc2c1CO. The summed E-state index contributed by atoms with van der Waals surface area (Å²) in [5.74, 6) is 0.198. The Bertz CT molecular complexity index is 924. The van der Waals surface area contributed by atoms with Crippen LogP contribution in [0.5, 0.6) is 17.2 Å². The first-order chi connectivity index (χ1) is 11.0. The van der Waals surface area contributed by atoms with E-state index in [0.717, 1.165) is 0 Å². The lowest BCUT2D eigenvalue weighted by Crippen LogP contribution is -2.04.